The Balaban J connectivity index is 2.24. The van der Waals surface area contributed by atoms with Crippen molar-refractivity contribution in [2.75, 3.05) is 24.1 Å². The SMILES string of the molecule is C=CCNC(=O)c1sc(NCC(=C)C)c(C2CC2)c1N. The van der Waals surface area contributed by atoms with Gasteiger partial charge in [0.1, 0.15) is 4.88 Å². The zero-order valence-corrected chi connectivity index (χ0v) is 12.6. The van der Waals surface area contributed by atoms with Gasteiger partial charge in [-0.05, 0) is 25.7 Å². The van der Waals surface area contributed by atoms with Crippen molar-refractivity contribution < 1.29 is 4.79 Å². The molecule has 0 unspecified atom stereocenters. The standard InChI is InChI=1S/C15H21N3OS/c1-4-7-17-14(19)13-12(16)11(10-5-6-10)15(20-13)18-8-9(2)3/h4,10,18H,1-2,5-8,16H2,3H3,(H,17,19). The number of nitrogens with one attached hydrogen (secondary N) is 2. The van der Waals surface area contributed by atoms with Crippen LogP contribution in [0.15, 0.2) is 24.8 Å². The fourth-order valence-corrected chi connectivity index (χ4v) is 3.13. The van der Waals surface area contributed by atoms with E-state index in [1.165, 1.54) is 11.3 Å². The van der Waals surface area contributed by atoms with E-state index < -0.39 is 0 Å². The van der Waals surface area contributed by atoms with Gasteiger partial charge in [-0.3, -0.25) is 4.79 Å². The quantitative estimate of drug-likeness (QED) is 0.676. The molecule has 0 radical (unpaired) electrons. The van der Waals surface area contributed by atoms with Crippen LogP contribution in [0.25, 0.3) is 0 Å². The van der Waals surface area contributed by atoms with Crippen LogP contribution in [0.5, 0.6) is 0 Å². The van der Waals surface area contributed by atoms with Crippen LogP contribution in [-0.4, -0.2) is 19.0 Å². The molecular weight excluding hydrogens is 270 g/mol. The molecule has 4 nitrogen and oxygen atoms in total. The van der Waals surface area contributed by atoms with Crippen molar-refractivity contribution in [3.8, 4) is 0 Å². The summed E-state index contributed by atoms with van der Waals surface area (Å²) in [6, 6.07) is 0. The molecule has 0 spiro atoms. The second-order valence-corrected chi connectivity index (χ2v) is 6.19. The van der Waals surface area contributed by atoms with Gasteiger partial charge in [-0.25, -0.2) is 0 Å². The van der Waals surface area contributed by atoms with Crippen molar-refractivity contribution in [2.45, 2.75) is 25.7 Å². The normalized spacial score (nSPS) is 13.8. The third-order valence-corrected chi connectivity index (χ3v) is 4.31. The molecule has 108 valence electrons. The summed E-state index contributed by atoms with van der Waals surface area (Å²) < 4.78 is 0. The molecule has 1 aliphatic rings. The summed E-state index contributed by atoms with van der Waals surface area (Å²) in [4.78, 5) is 12.7. The number of nitrogens with two attached hydrogens (primary N) is 1. The first-order valence-corrected chi connectivity index (χ1v) is 7.55. The van der Waals surface area contributed by atoms with Gasteiger partial charge < -0.3 is 16.4 Å². The molecule has 1 aromatic heterocycles. The zero-order chi connectivity index (χ0) is 14.7. The first-order chi connectivity index (χ1) is 9.54. The molecule has 4 N–H and O–H groups in total. The average Bonchev–Trinajstić information content (AvgIpc) is 3.18. The predicted molar refractivity (Wildman–Crippen MR) is 86.5 cm³/mol. The van der Waals surface area contributed by atoms with Crippen LogP contribution in [0.4, 0.5) is 10.7 Å². The van der Waals surface area contributed by atoms with Gasteiger partial charge in [-0.15, -0.1) is 17.9 Å². The monoisotopic (exact) mass is 291 g/mol. The number of rotatable bonds is 7. The van der Waals surface area contributed by atoms with Gasteiger partial charge in [-0.2, -0.15) is 0 Å². The molecule has 0 aromatic carbocycles. The topological polar surface area (TPSA) is 67.2 Å². The van der Waals surface area contributed by atoms with E-state index in [0.29, 0.717) is 29.6 Å². The number of thiophene rings is 1. The lowest BCUT2D eigenvalue weighted by atomic mass is 10.1. The van der Waals surface area contributed by atoms with E-state index in [4.69, 9.17) is 5.73 Å². The Morgan fingerprint density at radius 2 is 2.25 bits per heavy atom. The van der Waals surface area contributed by atoms with E-state index in [9.17, 15) is 4.79 Å². The smallest absolute Gasteiger partial charge is 0.263 e. The van der Waals surface area contributed by atoms with Crippen LogP contribution in [0.2, 0.25) is 0 Å². The number of anilines is 2. The first-order valence-electron chi connectivity index (χ1n) is 6.74. The molecule has 20 heavy (non-hydrogen) atoms. The lowest BCUT2D eigenvalue weighted by Crippen LogP contribution is -2.23. The molecule has 0 saturated heterocycles. The van der Waals surface area contributed by atoms with Gasteiger partial charge in [0.05, 0.1) is 10.7 Å². The molecule has 1 saturated carbocycles. The number of hydrogen-bond acceptors (Lipinski definition) is 4. The highest BCUT2D eigenvalue weighted by Gasteiger charge is 2.32. The summed E-state index contributed by atoms with van der Waals surface area (Å²) in [7, 11) is 0. The van der Waals surface area contributed by atoms with Gasteiger partial charge in [0.2, 0.25) is 0 Å². The molecule has 1 amide bonds. The number of carbonyl (C=O) groups excluding carboxylic acids is 1. The van der Waals surface area contributed by atoms with Gasteiger partial charge in [0.15, 0.2) is 0 Å². The van der Waals surface area contributed by atoms with E-state index in [2.05, 4.69) is 23.8 Å². The Kier molecular flexibility index (Phi) is 4.49. The molecule has 1 fully saturated rings. The number of amides is 1. The molecule has 0 aliphatic heterocycles. The fraction of sp³-hybridized carbons (Fsp3) is 0.400. The highest BCUT2D eigenvalue weighted by atomic mass is 32.1. The Morgan fingerprint density at radius 1 is 1.55 bits per heavy atom. The van der Waals surface area contributed by atoms with E-state index in [1.807, 2.05) is 6.92 Å². The molecule has 5 heteroatoms. The Labute approximate surface area is 123 Å². The molecule has 1 aromatic rings. The summed E-state index contributed by atoms with van der Waals surface area (Å²) in [6.45, 7) is 10.6. The van der Waals surface area contributed by atoms with Crippen molar-refractivity contribution in [2.24, 2.45) is 0 Å². The second kappa shape index (κ2) is 6.13. The highest BCUT2D eigenvalue weighted by Crippen LogP contribution is 2.50. The minimum atomic E-state index is -0.127. The summed E-state index contributed by atoms with van der Waals surface area (Å²) >= 11 is 1.43. The Morgan fingerprint density at radius 3 is 2.80 bits per heavy atom. The Bertz CT molecular complexity index is 544. The van der Waals surface area contributed by atoms with Crippen molar-refractivity contribution in [1.82, 2.24) is 5.32 Å². The highest BCUT2D eigenvalue weighted by molar-refractivity contribution is 7.18. The van der Waals surface area contributed by atoms with Crippen molar-refractivity contribution >= 4 is 27.9 Å². The Hall–Kier alpha value is -1.75. The average molecular weight is 291 g/mol. The van der Waals surface area contributed by atoms with Crippen LogP contribution in [0.3, 0.4) is 0 Å². The van der Waals surface area contributed by atoms with Crippen molar-refractivity contribution in [3.05, 3.63) is 35.2 Å². The van der Waals surface area contributed by atoms with Crippen LogP contribution < -0.4 is 16.4 Å². The lowest BCUT2D eigenvalue weighted by molar-refractivity contribution is 0.0963. The maximum Gasteiger partial charge on any atom is 0.263 e. The number of carbonyl (C=O) groups is 1. The lowest BCUT2D eigenvalue weighted by Gasteiger charge is -2.06. The number of nitrogen functional groups attached to an aromatic ring is 1. The van der Waals surface area contributed by atoms with Crippen LogP contribution in [0.1, 0.15) is 40.9 Å². The maximum atomic E-state index is 12.1. The van der Waals surface area contributed by atoms with Crippen molar-refractivity contribution in [1.29, 1.82) is 0 Å². The minimum Gasteiger partial charge on any atom is -0.397 e. The number of hydrogen-bond donors (Lipinski definition) is 3. The van der Waals surface area contributed by atoms with Gasteiger partial charge in [0, 0.05) is 18.7 Å². The predicted octanol–water partition coefficient (Wildman–Crippen LogP) is 3.11. The van der Waals surface area contributed by atoms with Gasteiger partial charge >= 0.3 is 0 Å². The van der Waals surface area contributed by atoms with E-state index in [1.54, 1.807) is 6.08 Å². The summed E-state index contributed by atoms with van der Waals surface area (Å²) in [5, 5.41) is 7.14. The zero-order valence-electron chi connectivity index (χ0n) is 11.8. The summed E-state index contributed by atoms with van der Waals surface area (Å²) in [6.07, 6.45) is 3.95. The molecule has 0 atom stereocenters. The van der Waals surface area contributed by atoms with Crippen LogP contribution in [0, 0.1) is 0 Å². The van der Waals surface area contributed by atoms with Gasteiger partial charge in [-0.1, -0.05) is 18.2 Å². The van der Waals surface area contributed by atoms with Gasteiger partial charge in [0.25, 0.3) is 5.91 Å². The molecule has 2 rings (SSSR count). The van der Waals surface area contributed by atoms with E-state index in [-0.39, 0.29) is 5.91 Å². The molecule has 1 heterocycles. The minimum absolute atomic E-state index is 0.127. The first kappa shape index (κ1) is 14.7. The fourth-order valence-electron chi connectivity index (χ4n) is 2.01. The molecule has 1 aliphatic carbocycles. The largest absolute Gasteiger partial charge is 0.397 e. The van der Waals surface area contributed by atoms with Crippen LogP contribution in [-0.2, 0) is 0 Å². The second-order valence-electron chi connectivity index (χ2n) is 5.17. The van der Waals surface area contributed by atoms with Crippen molar-refractivity contribution in [3.63, 3.8) is 0 Å². The summed E-state index contributed by atoms with van der Waals surface area (Å²) in [5.74, 6) is 0.373. The van der Waals surface area contributed by atoms with Crippen LogP contribution >= 0.6 is 11.3 Å². The van der Waals surface area contributed by atoms with E-state index in [0.717, 1.165) is 29.0 Å². The summed E-state index contributed by atoms with van der Waals surface area (Å²) in [5.41, 5.74) is 8.98. The third kappa shape index (κ3) is 3.22. The molecular formula is C15H21N3OS. The molecule has 0 bridgehead atoms. The third-order valence-electron chi connectivity index (χ3n) is 3.13. The van der Waals surface area contributed by atoms with E-state index >= 15 is 0 Å². The maximum absolute atomic E-state index is 12.1.